The van der Waals surface area contributed by atoms with Gasteiger partial charge in [0.05, 0.1) is 26.4 Å². The number of aliphatic hydroxyl groups is 1. The SMILES string of the molecule is COc1ccc(C(OC[C@H]2C[C@H](n3ccc(NC(=O)OC(C)(C)C)nc3=O)O[C@@H]2CO)(c2ccccc2)c2ccccc2)cc1. The summed E-state index contributed by atoms with van der Waals surface area (Å²) in [6, 6.07) is 29.3. The summed E-state index contributed by atoms with van der Waals surface area (Å²) in [5.41, 5.74) is 0.495. The van der Waals surface area contributed by atoms with Crippen molar-refractivity contribution in [1.29, 1.82) is 0 Å². The molecular formula is C35H39N3O7. The van der Waals surface area contributed by atoms with Gasteiger partial charge in [0.1, 0.15) is 29.0 Å². The van der Waals surface area contributed by atoms with Gasteiger partial charge < -0.3 is 24.1 Å². The topological polar surface area (TPSA) is 121 Å². The van der Waals surface area contributed by atoms with Crippen LogP contribution in [0.2, 0.25) is 0 Å². The Labute approximate surface area is 262 Å². The second-order valence-corrected chi connectivity index (χ2v) is 11.9. The largest absolute Gasteiger partial charge is 0.497 e. The fourth-order valence-electron chi connectivity index (χ4n) is 5.59. The minimum atomic E-state index is -0.986. The highest BCUT2D eigenvalue weighted by Gasteiger charge is 2.42. The predicted molar refractivity (Wildman–Crippen MR) is 169 cm³/mol. The van der Waals surface area contributed by atoms with Crippen molar-refractivity contribution >= 4 is 11.9 Å². The normalized spacial score (nSPS) is 18.4. The zero-order valence-electron chi connectivity index (χ0n) is 25.9. The Hall–Kier alpha value is -4.51. The number of methoxy groups -OCH3 is 1. The fourth-order valence-corrected chi connectivity index (χ4v) is 5.59. The summed E-state index contributed by atoms with van der Waals surface area (Å²) >= 11 is 0. The van der Waals surface area contributed by atoms with Gasteiger partial charge >= 0.3 is 11.8 Å². The van der Waals surface area contributed by atoms with Gasteiger partial charge in [-0.3, -0.25) is 9.88 Å². The van der Waals surface area contributed by atoms with Crippen LogP contribution in [0.1, 0.15) is 50.1 Å². The minimum Gasteiger partial charge on any atom is -0.497 e. The van der Waals surface area contributed by atoms with Crippen LogP contribution in [0, 0.1) is 5.92 Å². The Morgan fingerprint density at radius 3 is 2.09 bits per heavy atom. The monoisotopic (exact) mass is 613 g/mol. The van der Waals surface area contributed by atoms with E-state index in [4.69, 9.17) is 18.9 Å². The molecule has 0 radical (unpaired) electrons. The number of benzene rings is 3. The first-order valence-electron chi connectivity index (χ1n) is 14.9. The van der Waals surface area contributed by atoms with Crippen LogP contribution in [0.15, 0.2) is 102 Å². The van der Waals surface area contributed by atoms with Gasteiger partial charge in [-0.25, -0.2) is 9.59 Å². The maximum Gasteiger partial charge on any atom is 0.413 e. The summed E-state index contributed by atoms with van der Waals surface area (Å²) in [7, 11) is 1.63. The van der Waals surface area contributed by atoms with Gasteiger partial charge in [-0.05, 0) is 55.7 Å². The van der Waals surface area contributed by atoms with Crippen molar-refractivity contribution in [1.82, 2.24) is 9.55 Å². The molecule has 1 aromatic heterocycles. The fraction of sp³-hybridized carbons (Fsp3) is 0.343. The van der Waals surface area contributed by atoms with Crippen LogP contribution in [-0.2, 0) is 19.8 Å². The quantitative estimate of drug-likeness (QED) is 0.225. The molecule has 10 nitrogen and oxygen atoms in total. The minimum absolute atomic E-state index is 0.0667. The first kappa shape index (κ1) is 31.9. The Morgan fingerprint density at radius 2 is 1.56 bits per heavy atom. The zero-order valence-corrected chi connectivity index (χ0v) is 25.9. The summed E-state index contributed by atoms with van der Waals surface area (Å²) in [6.45, 7) is 5.20. The predicted octanol–water partition coefficient (Wildman–Crippen LogP) is 5.50. The first-order chi connectivity index (χ1) is 21.6. The van der Waals surface area contributed by atoms with Crippen LogP contribution < -0.4 is 15.7 Å². The molecule has 3 aromatic carbocycles. The number of carbonyl (C=O) groups is 1. The van der Waals surface area contributed by atoms with E-state index in [0.29, 0.717) is 6.42 Å². The van der Waals surface area contributed by atoms with Gasteiger partial charge in [0.2, 0.25) is 0 Å². The highest BCUT2D eigenvalue weighted by molar-refractivity contribution is 5.83. The van der Waals surface area contributed by atoms with Crippen molar-refractivity contribution in [2.75, 3.05) is 25.6 Å². The van der Waals surface area contributed by atoms with Gasteiger partial charge in [-0.2, -0.15) is 4.98 Å². The number of nitrogens with one attached hydrogen (secondary N) is 1. The summed E-state index contributed by atoms with van der Waals surface area (Å²) < 4.78 is 25.2. The number of amides is 1. The van der Waals surface area contributed by atoms with E-state index in [9.17, 15) is 14.7 Å². The summed E-state index contributed by atoms with van der Waals surface area (Å²) in [4.78, 5) is 29.1. The molecule has 0 saturated carbocycles. The molecule has 1 saturated heterocycles. The van der Waals surface area contributed by atoms with E-state index < -0.39 is 35.3 Å². The molecule has 5 rings (SSSR count). The number of aromatic nitrogens is 2. The van der Waals surface area contributed by atoms with Gasteiger partial charge in [0.15, 0.2) is 0 Å². The summed E-state index contributed by atoms with van der Waals surface area (Å²) in [5, 5.41) is 12.8. The lowest BCUT2D eigenvalue weighted by molar-refractivity contribution is -0.0562. The molecule has 236 valence electrons. The number of carbonyl (C=O) groups excluding carboxylic acids is 1. The van der Waals surface area contributed by atoms with E-state index in [1.807, 2.05) is 84.9 Å². The van der Waals surface area contributed by atoms with Gasteiger partial charge in [-0.15, -0.1) is 0 Å². The molecule has 2 N–H and O–H groups in total. The van der Waals surface area contributed by atoms with E-state index in [0.717, 1.165) is 22.4 Å². The van der Waals surface area contributed by atoms with Crippen LogP contribution in [0.3, 0.4) is 0 Å². The van der Waals surface area contributed by atoms with Crippen molar-refractivity contribution < 1.29 is 28.8 Å². The molecule has 3 atom stereocenters. The average molecular weight is 614 g/mol. The van der Waals surface area contributed by atoms with Crippen LogP contribution in [0.4, 0.5) is 10.6 Å². The van der Waals surface area contributed by atoms with Crippen LogP contribution in [0.25, 0.3) is 0 Å². The second-order valence-electron chi connectivity index (χ2n) is 11.9. The maximum absolute atomic E-state index is 13.0. The highest BCUT2D eigenvalue weighted by atomic mass is 16.6. The van der Waals surface area contributed by atoms with Crippen LogP contribution >= 0.6 is 0 Å². The number of nitrogens with zero attached hydrogens (tertiary/aromatic N) is 2. The third-order valence-corrected chi connectivity index (χ3v) is 7.68. The lowest BCUT2D eigenvalue weighted by Gasteiger charge is -2.37. The molecule has 4 aromatic rings. The average Bonchev–Trinajstić information content (AvgIpc) is 3.45. The van der Waals surface area contributed by atoms with Crippen LogP contribution in [0.5, 0.6) is 5.75 Å². The van der Waals surface area contributed by atoms with Crippen molar-refractivity contribution in [3.63, 3.8) is 0 Å². The maximum atomic E-state index is 13.0. The van der Waals surface area contributed by atoms with Crippen molar-refractivity contribution in [3.8, 4) is 5.75 Å². The molecule has 10 heteroatoms. The third kappa shape index (κ3) is 7.25. The van der Waals surface area contributed by atoms with Crippen molar-refractivity contribution in [3.05, 3.63) is 124 Å². The number of aliphatic hydroxyl groups excluding tert-OH is 1. The Bertz CT molecular complexity index is 1580. The van der Waals surface area contributed by atoms with E-state index in [-0.39, 0.29) is 24.9 Å². The molecular weight excluding hydrogens is 574 g/mol. The number of ether oxygens (including phenoxy) is 4. The number of anilines is 1. The zero-order chi connectivity index (χ0) is 32.0. The second kappa shape index (κ2) is 13.6. The third-order valence-electron chi connectivity index (χ3n) is 7.68. The lowest BCUT2D eigenvalue weighted by Crippen LogP contribution is -2.36. The Balaban J connectivity index is 1.42. The molecule has 0 spiro atoms. The van der Waals surface area contributed by atoms with E-state index in [1.165, 1.54) is 16.8 Å². The number of hydrogen-bond donors (Lipinski definition) is 2. The molecule has 1 aliphatic rings. The molecule has 0 aliphatic carbocycles. The number of rotatable bonds is 10. The summed E-state index contributed by atoms with van der Waals surface area (Å²) in [5.74, 6) is 0.543. The standard InChI is InChI=1S/C35H39N3O7/c1-34(2,3)45-33(41)37-30-19-20-38(32(40)36-30)31-21-24(29(22-39)44-31)23-43-35(25-11-7-5-8-12-25,26-13-9-6-10-14-26)27-15-17-28(42-4)18-16-27/h5-20,24,29,31,39H,21-23H2,1-4H3,(H,36,37,40,41)/t24-,29-,31-/m1/s1. The van der Waals surface area contributed by atoms with Gasteiger partial charge in [-0.1, -0.05) is 72.8 Å². The molecule has 1 fully saturated rings. The number of hydrogen-bond acceptors (Lipinski definition) is 8. The molecule has 0 unspecified atom stereocenters. The lowest BCUT2D eigenvalue weighted by atomic mass is 9.80. The molecule has 1 aliphatic heterocycles. The van der Waals surface area contributed by atoms with Gasteiger partial charge in [0, 0.05) is 18.5 Å². The van der Waals surface area contributed by atoms with Crippen LogP contribution in [-0.4, -0.2) is 52.8 Å². The first-order valence-corrected chi connectivity index (χ1v) is 14.9. The molecule has 0 bridgehead atoms. The highest BCUT2D eigenvalue weighted by Crippen LogP contribution is 2.43. The summed E-state index contributed by atoms with van der Waals surface area (Å²) in [6.07, 6.45) is -0.0656. The van der Waals surface area contributed by atoms with E-state index in [2.05, 4.69) is 10.3 Å². The van der Waals surface area contributed by atoms with E-state index >= 15 is 0 Å². The molecule has 2 heterocycles. The Kier molecular flexibility index (Phi) is 9.67. The Morgan fingerprint density at radius 1 is 0.956 bits per heavy atom. The van der Waals surface area contributed by atoms with Crippen molar-refractivity contribution in [2.45, 2.75) is 50.7 Å². The molecule has 1 amide bonds. The van der Waals surface area contributed by atoms with Gasteiger partial charge in [0.25, 0.3) is 0 Å². The van der Waals surface area contributed by atoms with E-state index in [1.54, 1.807) is 27.9 Å². The van der Waals surface area contributed by atoms with Crippen molar-refractivity contribution in [2.24, 2.45) is 5.92 Å². The smallest absolute Gasteiger partial charge is 0.413 e. The molecule has 45 heavy (non-hydrogen) atoms.